The smallest absolute Gasteiger partial charge is 0.148 e. The van der Waals surface area contributed by atoms with Crippen molar-refractivity contribution >= 4 is 9.84 Å². The van der Waals surface area contributed by atoms with Crippen molar-refractivity contribution in [2.24, 2.45) is 0 Å². The minimum atomic E-state index is -2.87. The maximum Gasteiger partial charge on any atom is 0.148 e. The van der Waals surface area contributed by atoms with Crippen LogP contribution in [0.15, 0.2) is 0 Å². The predicted molar refractivity (Wildman–Crippen MR) is 56.0 cm³/mol. The summed E-state index contributed by atoms with van der Waals surface area (Å²) in [5.41, 5.74) is 0. The monoisotopic (exact) mass is 221 g/mol. The van der Waals surface area contributed by atoms with E-state index in [1.165, 1.54) is 6.26 Å². The summed E-state index contributed by atoms with van der Waals surface area (Å²) in [6.07, 6.45) is 3.65. The third-order valence-corrected chi connectivity index (χ3v) is 3.74. The van der Waals surface area contributed by atoms with Crippen LogP contribution >= 0.6 is 0 Å². The molecule has 0 bridgehead atoms. The molecule has 4 nitrogen and oxygen atoms in total. The Morgan fingerprint density at radius 1 is 1.43 bits per heavy atom. The Morgan fingerprint density at radius 2 is 2.07 bits per heavy atom. The Labute approximate surface area is 85.8 Å². The van der Waals surface area contributed by atoms with Gasteiger partial charge in [-0.3, -0.25) is 0 Å². The van der Waals surface area contributed by atoms with Crippen molar-refractivity contribution in [3.05, 3.63) is 0 Å². The number of rotatable bonds is 4. The summed E-state index contributed by atoms with van der Waals surface area (Å²) in [4.78, 5) is 2.04. The van der Waals surface area contributed by atoms with Gasteiger partial charge in [0.1, 0.15) is 9.84 Å². The van der Waals surface area contributed by atoms with Crippen LogP contribution in [-0.2, 0) is 9.84 Å². The lowest BCUT2D eigenvalue weighted by Gasteiger charge is -2.23. The van der Waals surface area contributed by atoms with Crippen LogP contribution in [-0.4, -0.2) is 56.2 Å². The van der Waals surface area contributed by atoms with Crippen molar-refractivity contribution in [1.29, 1.82) is 0 Å². The zero-order chi connectivity index (χ0) is 10.8. The van der Waals surface area contributed by atoms with Crippen molar-refractivity contribution in [2.75, 3.05) is 25.6 Å². The molecule has 84 valence electrons. The second kappa shape index (κ2) is 4.59. The highest BCUT2D eigenvalue weighted by molar-refractivity contribution is 7.90. The van der Waals surface area contributed by atoms with Gasteiger partial charge in [-0.05, 0) is 26.3 Å². The average Bonchev–Trinajstić information content (AvgIpc) is 2.46. The van der Waals surface area contributed by atoms with Gasteiger partial charge in [0, 0.05) is 18.8 Å². The Bertz CT molecular complexity index is 276. The lowest BCUT2D eigenvalue weighted by Crippen LogP contribution is -2.33. The standard InChI is InChI=1S/C9H19NO3S/c1-10(5-6-14(2,12)13)8-3-4-9(11)7-8/h8-9,11H,3-7H2,1-2H3. The number of aliphatic hydroxyl groups is 1. The molecule has 0 heterocycles. The summed E-state index contributed by atoms with van der Waals surface area (Å²) in [6, 6.07) is 0.353. The van der Waals surface area contributed by atoms with E-state index in [0.29, 0.717) is 12.6 Å². The molecule has 1 saturated carbocycles. The molecule has 5 heteroatoms. The summed E-state index contributed by atoms with van der Waals surface area (Å²) >= 11 is 0. The van der Waals surface area contributed by atoms with Crippen LogP contribution in [0.3, 0.4) is 0 Å². The molecule has 1 rings (SSSR count). The van der Waals surface area contributed by atoms with E-state index in [-0.39, 0.29) is 11.9 Å². The number of nitrogens with zero attached hydrogens (tertiary/aromatic N) is 1. The van der Waals surface area contributed by atoms with Crippen molar-refractivity contribution in [1.82, 2.24) is 4.90 Å². The highest BCUT2D eigenvalue weighted by atomic mass is 32.2. The van der Waals surface area contributed by atoms with E-state index in [1.54, 1.807) is 0 Å². The quantitative estimate of drug-likeness (QED) is 0.719. The molecule has 2 atom stereocenters. The molecule has 0 aromatic rings. The molecule has 1 fully saturated rings. The molecule has 0 radical (unpaired) electrons. The maximum absolute atomic E-state index is 10.9. The van der Waals surface area contributed by atoms with Gasteiger partial charge in [0.15, 0.2) is 0 Å². The second-order valence-electron chi connectivity index (χ2n) is 4.23. The van der Waals surface area contributed by atoms with E-state index >= 15 is 0 Å². The molecule has 0 aromatic heterocycles. The number of hydrogen-bond acceptors (Lipinski definition) is 4. The van der Waals surface area contributed by atoms with Gasteiger partial charge in [0.05, 0.1) is 11.9 Å². The Kier molecular flexibility index (Phi) is 3.92. The maximum atomic E-state index is 10.9. The minimum absolute atomic E-state index is 0.194. The lowest BCUT2D eigenvalue weighted by molar-refractivity contribution is 0.165. The highest BCUT2D eigenvalue weighted by Crippen LogP contribution is 2.22. The highest BCUT2D eigenvalue weighted by Gasteiger charge is 2.26. The molecule has 0 aromatic carbocycles. The van der Waals surface area contributed by atoms with E-state index in [2.05, 4.69) is 0 Å². The first-order valence-corrected chi connectivity index (χ1v) is 7.00. The summed E-state index contributed by atoms with van der Waals surface area (Å²) in [5.74, 6) is 0.204. The van der Waals surface area contributed by atoms with Gasteiger partial charge in [-0.15, -0.1) is 0 Å². The summed E-state index contributed by atoms with van der Waals surface area (Å²) in [6.45, 7) is 0.566. The molecular formula is C9H19NO3S. The predicted octanol–water partition coefficient (Wildman–Crippen LogP) is -0.124. The van der Waals surface area contributed by atoms with Crippen molar-refractivity contribution < 1.29 is 13.5 Å². The van der Waals surface area contributed by atoms with E-state index in [1.807, 2.05) is 11.9 Å². The van der Waals surface area contributed by atoms with E-state index in [4.69, 9.17) is 0 Å². The first-order chi connectivity index (χ1) is 6.38. The van der Waals surface area contributed by atoms with Gasteiger partial charge in [-0.1, -0.05) is 0 Å². The second-order valence-corrected chi connectivity index (χ2v) is 6.49. The van der Waals surface area contributed by atoms with Gasteiger partial charge >= 0.3 is 0 Å². The SMILES string of the molecule is CN(CCS(C)(=O)=O)C1CCC(O)C1. The van der Waals surface area contributed by atoms with Crippen LogP contribution in [0.4, 0.5) is 0 Å². The molecule has 0 saturated heterocycles. The molecular weight excluding hydrogens is 202 g/mol. The molecule has 1 N–H and O–H groups in total. The van der Waals surface area contributed by atoms with Crippen molar-refractivity contribution in [2.45, 2.75) is 31.4 Å². The Hall–Kier alpha value is -0.130. The van der Waals surface area contributed by atoms with Gasteiger partial charge in [-0.25, -0.2) is 8.42 Å². The Morgan fingerprint density at radius 3 is 2.50 bits per heavy atom. The topological polar surface area (TPSA) is 57.6 Å². The third kappa shape index (κ3) is 3.94. The average molecular weight is 221 g/mol. The van der Waals surface area contributed by atoms with Crippen molar-refractivity contribution in [3.63, 3.8) is 0 Å². The molecule has 1 aliphatic rings. The van der Waals surface area contributed by atoms with Gasteiger partial charge in [0.2, 0.25) is 0 Å². The van der Waals surface area contributed by atoms with Crippen LogP contribution in [0.25, 0.3) is 0 Å². The first-order valence-electron chi connectivity index (χ1n) is 4.94. The van der Waals surface area contributed by atoms with Crippen LogP contribution in [0.2, 0.25) is 0 Å². The zero-order valence-corrected chi connectivity index (χ0v) is 9.63. The molecule has 0 amide bonds. The third-order valence-electron chi connectivity index (χ3n) is 2.82. The van der Waals surface area contributed by atoms with Gasteiger partial charge in [0.25, 0.3) is 0 Å². The first kappa shape index (κ1) is 11.9. The van der Waals surface area contributed by atoms with Crippen LogP contribution in [0.1, 0.15) is 19.3 Å². The van der Waals surface area contributed by atoms with Crippen molar-refractivity contribution in [3.8, 4) is 0 Å². The largest absolute Gasteiger partial charge is 0.393 e. The number of sulfone groups is 1. The summed E-state index contributed by atoms with van der Waals surface area (Å²) in [5, 5.41) is 9.33. The summed E-state index contributed by atoms with van der Waals surface area (Å²) in [7, 11) is -0.942. The minimum Gasteiger partial charge on any atom is -0.393 e. The molecule has 14 heavy (non-hydrogen) atoms. The zero-order valence-electron chi connectivity index (χ0n) is 8.81. The fourth-order valence-corrected chi connectivity index (χ4v) is 2.45. The molecule has 0 aliphatic heterocycles. The van der Waals surface area contributed by atoms with E-state index < -0.39 is 9.84 Å². The lowest BCUT2D eigenvalue weighted by atomic mass is 10.2. The molecule has 2 unspecified atom stereocenters. The normalized spacial score (nSPS) is 28.6. The van der Waals surface area contributed by atoms with Gasteiger partial charge < -0.3 is 10.0 Å². The summed E-state index contributed by atoms with van der Waals surface area (Å²) < 4.78 is 21.9. The molecule has 0 spiro atoms. The Balaban J connectivity index is 2.32. The molecule has 1 aliphatic carbocycles. The fraction of sp³-hybridized carbons (Fsp3) is 1.00. The fourth-order valence-electron chi connectivity index (χ4n) is 1.83. The van der Waals surface area contributed by atoms with E-state index in [0.717, 1.165) is 19.3 Å². The van der Waals surface area contributed by atoms with E-state index in [9.17, 15) is 13.5 Å². The van der Waals surface area contributed by atoms with Crippen LogP contribution < -0.4 is 0 Å². The van der Waals surface area contributed by atoms with Crippen LogP contribution in [0, 0.1) is 0 Å². The number of aliphatic hydroxyl groups excluding tert-OH is 1. The van der Waals surface area contributed by atoms with Gasteiger partial charge in [-0.2, -0.15) is 0 Å². The number of hydrogen-bond donors (Lipinski definition) is 1. The van der Waals surface area contributed by atoms with Crippen LogP contribution in [0.5, 0.6) is 0 Å².